The van der Waals surface area contributed by atoms with Gasteiger partial charge in [0.2, 0.25) is 0 Å². The van der Waals surface area contributed by atoms with Gasteiger partial charge in [-0.25, -0.2) is 8.78 Å². The minimum Gasteiger partial charge on any atom is -0.310 e. The molecule has 0 saturated heterocycles. The van der Waals surface area contributed by atoms with Gasteiger partial charge in [0.05, 0.1) is 0 Å². The molecule has 104 valence electrons. The summed E-state index contributed by atoms with van der Waals surface area (Å²) >= 11 is 0. The molecule has 1 aromatic carbocycles. The lowest BCUT2D eigenvalue weighted by molar-refractivity contribution is 0.394. The van der Waals surface area contributed by atoms with Gasteiger partial charge in [0.15, 0.2) is 11.6 Å². The van der Waals surface area contributed by atoms with Crippen LogP contribution in [0.5, 0.6) is 0 Å². The Morgan fingerprint density at radius 1 is 1.26 bits per heavy atom. The van der Waals surface area contributed by atoms with Gasteiger partial charge in [-0.1, -0.05) is 25.5 Å². The van der Waals surface area contributed by atoms with Crippen molar-refractivity contribution in [1.29, 1.82) is 0 Å². The van der Waals surface area contributed by atoms with E-state index in [4.69, 9.17) is 0 Å². The van der Waals surface area contributed by atoms with Crippen LogP contribution in [-0.2, 0) is 0 Å². The van der Waals surface area contributed by atoms with E-state index in [9.17, 15) is 8.78 Å². The second-order valence-electron chi connectivity index (χ2n) is 5.91. The minimum atomic E-state index is -0.730. The van der Waals surface area contributed by atoms with Crippen molar-refractivity contribution in [1.82, 2.24) is 5.32 Å². The van der Waals surface area contributed by atoms with Crippen LogP contribution in [0.2, 0.25) is 0 Å². The molecule has 0 aliphatic heterocycles. The van der Waals surface area contributed by atoms with Crippen molar-refractivity contribution in [3.05, 3.63) is 35.4 Å². The zero-order valence-electron chi connectivity index (χ0n) is 11.3. The monoisotopic (exact) mass is 265 g/mol. The van der Waals surface area contributed by atoms with Gasteiger partial charge < -0.3 is 5.32 Å². The third kappa shape index (κ3) is 2.29. The summed E-state index contributed by atoms with van der Waals surface area (Å²) in [6.07, 6.45) is 4.83. The highest BCUT2D eigenvalue weighted by molar-refractivity contribution is 5.26. The normalized spacial score (nSPS) is 30.2. The second kappa shape index (κ2) is 5.20. The van der Waals surface area contributed by atoms with E-state index in [0.29, 0.717) is 11.5 Å². The van der Waals surface area contributed by atoms with Gasteiger partial charge in [-0.3, -0.25) is 0 Å². The van der Waals surface area contributed by atoms with Crippen molar-refractivity contribution in [3.63, 3.8) is 0 Å². The number of rotatable bonds is 5. The minimum absolute atomic E-state index is 0.00838. The highest BCUT2D eigenvalue weighted by Crippen LogP contribution is 2.62. The molecule has 19 heavy (non-hydrogen) atoms. The maximum Gasteiger partial charge on any atom is 0.163 e. The van der Waals surface area contributed by atoms with Crippen LogP contribution in [0, 0.1) is 29.4 Å². The lowest BCUT2D eigenvalue weighted by Crippen LogP contribution is -2.26. The molecule has 3 atom stereocenters. The average molecular weight is 265 g/mol. The van der Waals surface area contributed by atoms with Gasteiger partial charge in [-0.15, -0.1) is 0 Å². The highest BCUT2D eigenvalue weighted by Gasteiger charge is 2.56. The second-order valence-corrected chi connectivity index (χ2v) is 5.91. The topological polar surface area (TPSA) is 12.0 Å². The number of hydrogen-bond acceptors (Lipinski definition) is 1. The molecule has 2 fully saturated rings. The SMILES string of the molecule is CCCNC(c1cccc(F)c1F)C1C2CCCC21. The van der Waals surface area contributed by atoms with Crippen LogP contribution in [-0.4, -0.2) is 6.54 Å². The third-order valence-corrected chi connectivity index (χ3v) is 4.79. The Bertz CT molecular complexity index is 450. The Hall–Kier alpha value is -0.960. The van der Waals surface area contributed by atoms with Crippen molar-refractivity contribution >= 4 is 0 Å². The molecule has 1 nitrogen and oxygen atoms in total. The van der Waals surface area contributed by atoms with Crippen molar-refractivity contribution in [2.45, 2.75) is 38.6 Å². The van der Waals surface area contributed by atoms with Crippen molar-refractivity contribution in [2.75, 3.05) is 6.54 Å². The molecule has 0 amide bonds. The fourth-order valence-corrected chi connectivity index (χ4v) is 3.89. The van der Waals surface area contributed by atoms with Crippen LogP contribution in [0.4, 0.5) is 8.78 Å². The van der Waals surface area contributed by atoms with E-state index in [2.05, 4.69) is 12.2 Å². The lowest BCUT2D eigenvalue weighted by atomic mass is 9.96. The molecule has 3 heteroatoms. The molecular weight excluding hydrogens is 244 g/mol. The van der Waals surface area contributed by atoms with Crippen molar-refractivity contribution in [3.8, 4) is 0 Å². The Labute approximate surface area is 113 Å². The number of nitrogens with one attached hydrogen (secondary N) is 1. The first-order chi connectivity index (χ1) is 9.24. The Morgan fingerprint density at radius 3 is 2.68 bits per heavy atom. The molecule has 1 aromatic rings. The molecular formula is C16H21F2N. The molecule has 0 heterocycles. The third-order valence-electron chi connectivity index (χ3n) is 4.79. The summed E-state index contributed by atoms with van der Waals surface area (Å²) in [4.78, 5) is 0. The first kappa shape index (κ1) is 13.0. The summed E-state index contributed by atoms with van der Waals surface area (Å²) in [5, 5.41) is 3.44. The molecule has 3 unspecified atom stereocenters. The van der Waals surface area contributed by atoms with Gasteiger partial charge in [0, 0.05) is 11.6 Å². The predicted molar refractivity (Wildman–Crippen MR) is 71.7 cm³/mol. The summed E-state index contributed by atoms with van der Waals surface area (Å²) in [7, 11) is 0. The lowest BCUT2D eigenvalue weighted by Gasteiger charge is -2.21. The fourth-order valence-electron chi connectivity index (χ4n) is 3.89. The van der Waals surface area contributed by atoms with Gasteiger partial charge in [-0.05, 0) is 49.6 Å². The first-order valence-electron chi connectivity index (χ1n) is 7.41. The van der Waals surface area contributed by atoms with Crippen molar-refractivity contribution < 1.29 is 8.78 Å². The predicted octanol–water partition coefficient (Wildman–Crippen LogP) is 4.05. The van der Waals surface area contributed by atoms with Crippen LogP contribution in [0.3, 0.4) is 0 Å². The molecule has 1 N–H and O–H groups in total. The van der Waals surface area contributed by atoms with Crippen LogP contribution in [0.25, 0.3) is 0 Å². The van der Waals surface area contributed by atoms with Crippen molar-refractivity contribution in [2.24, 2.45) is 17.8 Å². The zero-order valence-corrected chi connectivity index (χ0v) is 11.3. The standard InChI is InChI=1S/C16H21F2N/c1-2-9-19-16(14-10-5-3-6-11(10)14)12-7-4-8-13(17)15(12)18/h4,7-8,10-11,14,16,19H,2-3,5-6,9H2,1H3. The van der Waals surface area contributed by atoms with E-state index in [1.54, 1.807) is 12.1 Å². The average Bonchev–Trinajstić information content (AvgIpc) is 2.87. The van der Waals surface area contributed by atoms with Crippen LogP contribution >= 0.6 is 0 Å². The molecule has 2 aliphatic carbocycles. The number of hydrogen-bond donors (Lipinski definition) is 1. The molecule has 0 bridgehead atoms. The summed E-state index contributed by atoms with van der Waals surface area (Å²) in [5.41, 5.74) is 0.521. The van der Waals surface area contributed by atoms with Gasteiger partial charge >= 0.3 is 0 Å². The van der Waals surface area contributed by atoms with Gasteiger partial charge in [0.1, 0.15) is 0 Å². The van der Waals surface area contributed by atoms with Gasteiger partial charge in [0.25, 0.3) is 0 Å². The zero-order chi connectivity index (χ0) is 13.4. The van der Waals surface area contributed by atoms with Crippen LogP contribution in [0.1, 0.15) is 44.2 Å². The summed E-state index contributed by atoms with van der Waals surface area (Å²) in [5.74, 6) is 0.582. The quantitative estimate of drug-likeness (QED) is 0.847. The largest absolute Gasteiger partial charge is 0.310 e. The van der Waals surface area contributed by atoms with Crippen LogP contribution in [0.15, 0.2) is 18.2 Å². The molecule has 3 rings (SSSR count). The fraction of sp³-hybridized carbons (Fsp3) is 0.625. The van der Waals surface area contributed by atoms with E-state index in [0.717, 1.165) is 24.8 Å². The highest BCUT2D eigenvalue weighted by atomic mass is 19.2. The van der Waals surface area contributed by atoms with E-state index in [-0.39, 0.29) is 6.04 Å². The maximum absolute atomic E-state index is 14.0. The van der Waals surface area contributed by atoms with Gasteiger partial charge in [-0.2, -0.15) is 0 Å². The van der Waals surface area contributed by atoms with E-state index < -0.39 is 11.6 Å². The van der Waals surface area contributed by atoms with E-state index >= 15 is 0 Å². The Kier molecular flexibility index (Phi) is 3.57. The summed E-state index contributed by atoms with van der Waals surface area (Å²) < 4.78 is 27.5. The smallest absolute Gasteiger partial charge is 0.163 e. The Balaban J connectivity index is 1.84. The number of fused-ring (bicyclic) bond motifs is 1. The number of benzene rings is 1. The van der Waals surface area contributed by atoms with E-state index in [1.807, 2.05) is 0 Å². The molecule has 2 saturated carbocycles. The Morgan fingerprint density at radius 2 is 2.00 bits per heavy atom. The maximum atomic E-state index is 14.0. The molecule has 0 radical (unpaired) electrons. The molecule has 2 aliphatic rings. The van der Waals surface area contributed by atoms with Crippen LogP contribution < -0.4 is 5.32 Å². The summed E-state index contributed by atoms with van der Waals surface area (Å²) in [6.45, 7) is 2.95. The summed E-state index contributed by atoms with van der Waals surface area (Å²) in [6, 6.07) is 4.54. The molecule has 0 spiro atoms. The molecule has 0 aromatic heterocycles. The number of halogens is 2. The van der Waals surface area contributed by atoms with E-state index in [1.165, 1.54) is 25.3 Å². The first-order valence-corrected chi connectivity index (χ1v) is 7.41.